The number of rotatable bonds is 3. The summed E-state index contributed by atoms with van der Waals surface area (Å²) in [5, 5.41) is 5.28. The summed E-state index contributed by atoms with van der Waals surface area (Å²) >= 11 is 0. The molecule has 7 heteroatoms. The van der Waals surface area contributed by atoms with Gasteiger partial charge < -0.3 is 9.64 Å². The molecule has 4 rings (SSSR count). The number of nitrogens with zero attached hydrogens (tertiary/aromatic N) is 5. The number of hydrogen-bond acceptors (Lipinski definition) is 6. The van der Waals surface area contributed by atoms with E-state index < -0.39 is 0 Å². The number of esters is 1. The van der Waals surface area contributed by atoms with Crippen molar-refractivity contribution in [2.24, 2.45) is 5.92 Å². The van der Waals surface area contributed by atoms with Gasteiger partial charge in [0.2, 0.25) is 0 Å². The maximum Gasteiger partial charge on any atom is 0.327 e. The molecule has 2 aromatic rings. The molecule has 2 atom stereocenters. The molecule has 0 aromatic carbocycles. The summed E-state index contributed by atoms with van der Waals surface area (Å²) in [6.45, 7) is 1.11. The molecule has 0 spiro atoms. The first kappa shape index (κ1) is 16.3. The van der Waals surface area contributed by atoms with Crippen molar-refractivity contribution in [3.63, 3.8) is 0 Å². The lowest BCUT2D eigenvalue weighted by atomic mass is 9.81. The van der Waals surface area contributed by atoms with Crippen LogP contribution in [0.4, 0.5) is 5.82 Å². The smallest absolute Gasteiger partial charge is 0.327 e. The van der Waals surface area contributed by atoms with Crippen LogP contribution in [-0.4, -0.2) is 45.4 Å². The SMILES string of the molecule is COC(=O)Cn1ncc2c(N3CCCC[C@H]4CCCC[C@@H]43)ncnc21. The molecule has 0 unspecified atom stereocenters. The van der Waals surface area contributed by atoms with E-state index in [0.717, 1.165) is 23.7 Å². The van der Waals surface area contributed by atoms with Crippen LogP contribution in [0.5, 0.6) is 0 Å². The van der Waals surface area contributed by atoms with Gasteiger partial charge in [-0.1, -0.05) is 19.3 Å². The Hall–Kier alpha value is -2.18. The number of anilines is 1. The lowest BCUT2D eigenvalue weighted by molar-refractivity contribution is -0.141. The average Bonchev–Trinajstić information content (AvgIpc) is 2.93. The lowest BCUT2D eigenvalue weighted by Crippen LogP contribution is -2.42. The van der Waals surface area contributed by atoms with Crippen LogP contribution in [0.1, 0.15) is 44.9 Å². The first-order valence-electron chi connectivity index (χ1n) is 9.28. The predicted molar refractivity (Wildman–Crippen MR) is 94.3 cm³/mol. The molecular weight excluding hydrogens is 318 g/mol. The maximum absolute atomic E-state index is 11.6. The van der Waals surface area contributed by atoms with Gasteiger partial charge in [-0.05, 0) is 31.6 Å². The highest BCUT2D eigenvalue weighted by molar-refractivity contribution is 5.87. The molecule has 0 radical (unpaired) electrons. The molecule has 1 aliphatic heterocycles. The zero-order chi connectivity index (χ0) is 17.2. The molecule has 2 fully saturated rings. The van der Waals surface area contributed by atoms with Gasteiger partial charge in [-0.25, -0.2) is 14.6 Å². The van der Waals surface area contributed by atoms with Crippen molar-refractivity contribution in [1.82, 2.24) is 19.7 Å². The number of carbonyl (C=O) groups excluding carboxylic acids is 1. The van der Waals surface area contributed by atoms with Crippen LogP contribution < -0.4 is 4.90 Å². The largest absolute Gasteiger partial charge is 0.468 e. The highest BCUT2D eigenvalue weighted by Gasteiger charge is 2.33. The van der Waals surface area contributed by atoms with E-state index in [1.165, 1.54) is 52.1 Å². The Kier molecular flexibility index (Phi) is 4.55. The number of hydrogen-bond donors (Lipinski definition) is 0. The summed E-state index contributed by atoms with van der Waals surface area (Å²) in [5.41, 5.74) is 0.701. The van der Waals surface area contributed by atoms with Crippen molar-refractivity contribution in [1.29, 1.82) is 0 Å². The van der Waals surface area contributed by atoms with E-state index in [-0.39, 0.29) is 12.5 Å². The molecular formula is C18H25N5O2. The summed E-state index contributed by atoms with van der Waals surface area (Å²) < 4.78 is 6.35. The minimum absolute atomic E-state index is 0.0719. The molecule has 0 amide bonds. The third kappa shape index (κ3) is 3.07. The van der Waals surface area contributed by atoms with Gasteiger partial charge in [0.1, 0.15) is 18.7 Å². The zero-order valence-electron chi connectivity index (χ0n) is 14.7. The summed E-state index contributed by atoms with van der Waals surface area (Å²) in [5.74, 6) is 1.42. The summed E-state index contributed by atoms with van der Waals surface area (Å²) in [7, 11) is 1.38. The number of aromatic nitrogens is 4. The fourth-order valence-corrected chi connectivity index (χ4v) is 4.46. The molecule has 25 heavy (non-hydrogen) atoms. The summed E-state index contributed by atoms with van der Waals surface area (Å²) in [6, 6.07) is 0.568. The van der Waals surface area contributed by atoms with Crippen molar-refractivity contribution in [2.45, 2.75) is 57.5 Å². The Balaban J connectivity index is 1.71. The molecule has 0 bridgehead atoms. The molecule has 1 aliphatic carbocycles. The lowest BCUT2D eigenvalue weighted by Gasteiger charge is -2.39. The minimum Gasteiger partial charge on any atom is -0.468 e. The van der Waals surface area contributed by atoms with Crippen molar-refractivity contribution in [3.8, 4) is 0 Å². The molecule has 1 saturated carbocycles. The molecule has 3 heterocycles. The average molecular weight is 343 g/mol. The van der Waals surface area contributed by atoms with E-state index >= 15 is 0 Å². The maximum atomic E-state index is 11.6. The monoisotopic (exact) mass is 343 g/mol. The molecule has 2 aromatic heterocycles. The van der Waals surface area contributed by atoms with Gasteiger partial charge in [0.15, 0.2) is 5.65 Å². The van der Waals surface area contributed by atoms with E-state index in [4.69, 9.17) is 4.74 Å². The topological polar surface area (TPSA) is 73.1 Å². The predicted octanol–water partition coefficient (Wildman–Crippen LogP) is 2.55. The molecule has 7 nitrogen and oxygen atoms in total. The standard InChI is InChI=1S/C18H25N5O2/c1-25-16(24)11-23-18-14(10-21-23)17(19-12-20-18)22-9-5-4-7-13-6-2-3-8-15(13)22/h10,12-13,15H,2-9,11H2,1H3/t13-,15+/m1/s1. The van der Waals surface area contributed by atoms with Crippen LogP contribution in [0.15, 0.2) is 12.5 Å². The van der Waals surface area contributed by atoms with Crippen LogP contribution in [-0.2, 0) is 16.1 Å². The Morgan fingerprint density at radius 2 is 2.00 bits per heavy atom. The number of methoxy groups -OCH3 is 1. The van der Waals surface area contributed by atoms with Gasteiger partial charge in [-0.3, -0.25) is 4.79 Å². The van der Waals surface area contributed by atoms with Crippen molar-refractivity contribution in [2.75, 3.05) is 18.6 Å². The molecule has 0 N–H and O–H groups in total. The van der Waals surface area contributed by atoms with Gasteiger partial charge in [-0.15, -0.1) is 0 Å². The van der Waals surface area contributed by atoms with E-state index in [1.807, 2.05) is 0 Å². The highest BCUT2D eigenvalue weighted by atomic mass is 16.5. The fraction of sp³-hybridized carbons (Fsp3) is 0.667. The molecule has 2 aliphatic rings. The minimum atomic E-state index is -0.327. The van der Waals surface area contributed by atoms with Crippen LogP contribution in [0.2, 0.25) is 0 Å². The number of ether oxygens (including phenoxy) is 1. The second kappa shape index (κ2) is 6.98. The molecule has 134 valence electrons. The second-order valence-electron chi connectivity index (χ2n) is 7.11. The third-order valence-corrected chi connectivity index (χ3v) is 5.68. The number of carbonyl (C=O) groups is 1. The van der Waals surface area contributed by atoms with Gasteiger partial charge in [0.25, 0.3) is 0 Å². The summed E-state index contributed by atoms with van der Waals surface area (Å²) in [6.07, 6.45) is 12.4. The number of fused-ring (bicyclic) bond motifs is 2. The van der Waals surface area contributed by atoms with Gasteiger partial charge >= 0.3 is 5.97 Å². The van der Waals surface area contributed by atoms with Crippen molar-refractivity contribution < 1.29 is 9.53 Å². The van der Waals surface area contributed by atoms with Crippen LogP contribution in [0, 0.1) is 5.92 Å². The van der Waals surface area contributed by atoms with E-state index in [0.29, 0.717) is 11.7 Å². The van der Waals surface area contributed by atoms with Crippen LogP contribution in [0.3, 0.4) is 0 Å². The first-order chi connectivity index (χ1) is 12.3. The van der Waals surface area contributed by atoms with Crippen LogP contribution >= 0.6 is 0 Å². The summed E-state index contributed by atoms with van der Waals surface area (Å²) in [4.78, 5) is 23.1. The Morgan fingerprint density at radius 3 is 2.84 bits per heavy atom. The third-order valence-electron chi connectivity index (χ3n) is 5.68. The Morgan fingerprint density at radius 1 is 1.20 bits per heavy atom. The highest BCUT2D eigenvalue weighted by Crippen LogP contribution is 2.38. The zero-order valence-corrected chi connectivity index (χ0v) is 14.7. The van der Waals surface area contributed by atoms with Gasteiger partial charge in [0.05, 0.1) is 18.7 Å². The van der Waals surface area contributed by atoms with Crippen LogP contribution in [0.25, 0.3) is 11.0 Å². The van der Waals surface area contributed by atoms with Crippen molar-refractivity contribution >= 4 is 22.8 Å². The second-order valence-corrected chi connectivity index (χ2v) is 7.11. The fourth-order valence-electron chi connectivity index (χ4n) is 4.46. The molecule has 1 saturated heterocycles. The van der Waals surface area contributed by atoms with E-state index in [1.54, 1.807) is 17.2 Å². The van der Waals surface area contributed by atoms with Crippen molar-refractivity contribution in [3.05, 3.63) is 12.5 Å². The normalized spacial score (nSPS) is 24.0. The Bertz CT molecular complexity index is 759. The Labute approximate surface area is 147 Å². The van der Waals surface area contributed by atoms with E-state index in [2.05, 4.69) is 20.0 Å². The van der Waals surface area contributed by atoms with Gasteiger partial charge in [0, 0.05) is 12.6 Å². The quantitative estimate of drug-likeness (QED) is 0.798. The van der Waals surface area contributed by atoms with Gasteiger partial charge in [-0.2, -0.15) is 5.10 Å². The van der Waals surface area contributed by atoms with E-state index in [9.17, 15) is 4.79 Å². The first-order valence-corrected chi connectivity index (χ1v) is 9.28.